The Labute approximate surface area is 288 Å². The van der Waals surface area contributed by atoms with Crippen LogP contribution >= 0.6 is 11.8 Å². The highest BCUT2D eigenvalue weighted by molar-refractivity contribution is 8.00. The molecule has 0 unspecified atom stereocenters. The molecule has 228 valence electrons. The second kappa shape index (κ2) is 10.3. The molecule has 0 N–H and O–H groups in total. The zero-order valence-electron chi connectivity index (χ0n) is 26.4. The highest BCUT2D eigenvalue weighted by Crippen LogP contribution is 2.42. The summed E-state index contributed by atoms with van der Waals surface area (Å²) in [5.74, 6) is 0. The first kappa shape index (κ1) is 27.0. The predicted octanol–water partition coefficient (Wildman–Crippen LogP) is 8.89. The van der Waals surface area contributed by atoms with E-state index in [4.69, 9.17) is 4.98 Å². The number of imidazole rings is 1. The van der Waals surface area contributed by atoms with Gasteiger partial charge < -0.3 is 9.47 Å². The molecule has 7 aromatic carbocycles. The van der Waals surface area contributed by atoms with Gasteiger partial charge in [0.1, 0.15) is 6.33 Å². The lowest BCUT2D eigenvalue weighted by Gasteiger charge is -2.35. The van der Waals surface area contributed by atoms with E-state index in [0.29, 0.717) is 0 Å². The molecular weight excluding hydrogens is 615 g/mol. The first-order valence-corrected chi connectivity index (χ1v) is 17.5. The Morgan fingerprint density at radius 2 is 1.22 bits per heavy atom. The molecule has 0 radical (unpaired) electrons. The topological polar surface area (TPSA) is 26.0 Å². The van der Waals surface area contributed by atoms with Gasteiger partial charge in [0.2, 0.25) is 6.71 Å². The van der Waals surface area contributed by atoms with Crippen molar-refractivity contribution in [2.75, 3.05) is 4.90 Å². The van der Waals surface area contributed by atoms with Gasteiger partial charge in [0.15, 0.2) is 0 Å². The average molecular weight is 643 g/mol. The van der Waals surface area contributed by atoms with Crippen LogP contribution in [0.15, 0.2) is 174 Å². The largest absolute Gasteiger partial charge is 0.310 e. The van der Waals surface area contributed by atoms with Crippen LogP contribution in [0.3, 0.4) is 0 Å². The lowest BCUT2D eigenvalue weighted by molar-refractivity contribution is 1.09. The maximum atomic E-state index is 4.90. The predicted molar refractivity (Wildman–Crippen MR) is 205 cm³/mol. The van der Waals surface area contributed by atoms with Gasteiger partial charge in [-0.25, -0.2) is 4.98 Å². The van der Waals surface area contributed by atoms with Gasteiger partial charge in [0.05, 0.1) is 22.1 Å². The minimum Gasteiger partial charge on any atom is -0.310 e. The Morgan fingerprint density at radius 3 is 1.94 bits per heavy atom. The van der Waals surface area contributed by atoms with Crippen LogP contribution in [0, 0.1) is 0 Å². The van der Waals surface area contributed by atoms with Crippen molar-refractivity contribution in [3.8, 4) is 11.4 Å². The molecule has 9 aromatic rings. The van der Waals surface area contributed by atoms with Gasteiger partial charge >= 0.3 is 0 Å². The van der Waals surface area contributed by atoms with E-state index in [1.54, 1.807) is 0 Å². The summed E-state index contributed by atoms with van der Waals surface area (Å²) in [4.78, 5) is 9.83. The lowest BCUT2D eigenvalue weighted by atomic mass is 9.35. The molecule has 0 atom stereocenters. The lowest BCUT2D eigenvalue weighted by Crippen LogP contribution is -2.58. The highest BCUT2D eigenvalue weighted by atomic mass is 32.2. The minimum atomic E-state index is 0.109. The quantitative estimate of drug-likeness (QED) is 0.180. The van der Waals surface area contributed by atoms with Crippen LogP contribution in [0.5, 0.6) is 0 Å². The Kier molecular flexibility index (Phi) is 5.66. The molecule has 4 heterocycles. The SMILES string of the molecule is c1ccc(N(c2ccccc2)c2cc3c4c(c2)-n2cnc5cccc(c52)B4c2ccc(-n4c5ccccc5c5ccccc54)cc2S3)cc1. The van der Waals surface area contributed by atoms with E-state index in [0.717, 1.165) is 22.6 Å². The van der Waals surface area contributed by atoms with Crippen LogP contribution in [0.4, 0.5) is 17.1 Å². The van der Waals surface area contributed by atoms with E-state index >= 15 is 0 Å². The third-order valence-electron chi connectivity index (χ3n) is 10.2. The monoisotopic (exact) mass is 642 g/mol. The number of fused-ring (bicyclic) bond motifs is 7. The average Bonchev–Trinajstić information content (AvgIpc) is 3.74. The van der Waals surface area contributed by atoms with Crippen molar-refractivity contribution in [2.24, 2.45) is 0 Å². The van der Waals surface area contributed by atoms with Gasteiger partial charge in [-0.3, -0.25) is 4.57 Å². The summed E-state index contributed by atoms with van der Waals surface area (Å²) in [7, 11) is 0. The molecule has 4 nitrogen and oxygen atoms in total. The molecule has 11 rings (SSSR count). The smallest absolute Gasteiger partial charge is 0.249 e. The Morgan fingerprint density at radius 1 is 0.551 bits per heavy atom. The zero-order chi connectivity index (χ0) is 32.1. The summed E-state index contributed by atoms with van der Waals surface area (Å²) >= 11 is 1.89. The Balaban J connectivity index is 1.17. The van der Waals surface area contributed by atoms with Crippen molar-refractivity contribution in [1.29, 1.82) is 0 Å². The maximum Gasteiger partial charge on any atom is 0.249 e. The number of rotatable bonds is 4. The number of aromatic nitrogens is 3. The number of nitrogens with zero attached hydrogens (tertiary/aromatic N) is 4. The van der Waals surface area contributed by atoms with Crippen LogP contribution < -0.4 is 21.3 Å². The molecule has 2 aliphatic heterocycles. The molecule has 49 heavy (non-hydrogen) atoms. The summed E-state index contributed by atoms with van der Waals surface area (Å²) in [6.45, 7) is 0.109. The number of benzene rings is 7. The molecule has 0 saturated heterocycles. The summed E-state index contributed by atoms with van der Waals surface area (Å²) in [6.07, 6.45) is 2.00. The fourth-order valence-corrected chi connectivity index (χ4v) is 9.43. The van der Waals surface area contributed by atoms with Gasteiger partial charge in [-0.15, -0.1) is 0 Å². The summed E-state index contributed by atoms with van der Waals surface area (Å²) < 4.78 is 4.74. The van der Waals surface area contributed by atoms with Crippen molar-refractivity contribution < 1.29 is 0 Å². The molecule has 0 aliphatic carbocycles. The molecule has 0 fully saturated rings. The van der Waals surface area contributed by atoms with Crippen LogP contribution in [-0.4, -0.2) is 20.8 Å². The van der Waals surface area contributed by atoms with Crippen molar-refractivity contribution >= 4 is 84.8 Å². The second-order valence-electron chi connectivity index (χ2n) is 12.8. The summed E-state index contributed by atoms with van der Waals surface area (Å²) in [5, 5.41) is 2.55. The fraction of sp³-hybridized carbons (Fsp3) is 0. The molecule has 0 spiro atoms. The first-order valence-electron chi connectivity index (χ1n) is 16.7. The van der Waals surface area contributed by atoms with Crippen molar-refractivity contribution in [3.05, 3.63) is 164 Å². The highest BCUT2D eigenvalue weighted by Gasteiger charge is 2.39. The van der Waals surface area contributed by atoms with Gasteiger partial charge in [-0.1, -0.05) is 108 Å². The summed E-state index contributed by atoms with van der Waals surface area (Å²) in [6, 6.07) is 57.3. The molecular formula is C43H27BN4S. The second-order valence-corrected chi connectivity index (χ2v) is 13.9. The zero-order valence-corrected chi connectivity index (χ0v) is 27.2. The van der Waals surface area contributed by atoms with Crippen LogP contribution in [0.25, 0.3) is 44.2 Å². The van der Waals surface area contributed by atoms with Crippen molar-refractivity contribution in [1.82, 2.24) is 14.1 Å². The first-order chi connectivity index (χ1) is 24.3. The van der Waals surface area contributed by atoms with Crippen LogP contribution in [-0.2, 0) is 0 Å². The van der Waals surface area contributed by atoms with Gasteiger partial charge in [-0.05, 0) is 77.7 Å². The minimum absolute atomic E-state index is 0.109. The molecule has 0 amide bonds. The van der Waals surface area contributed by atoms with E-state index in [2.05, 4.69) is 172 Å². The van der Waals surface area contributed by atoms with E-state index in [-0.39, 0.29) is 6.71 Å². The molecule has 0 saturated carbocycles. The van der Waals surface area contributed by atoms with E-state index in [9.17, 15) is 0 Å². The molecule has 2 aromatic heterocycles. The molecule has 0 bridgehead atoms. The standard InChI is InChI=1S/C43H27BN4S/c1-3-12-28(13-4-1)47(29-14-5-2-6-15-29)31-24-39-42-41(26-31)49-40-25-30(48-37-20-9-7-16-32(37)33-17-8-10-21-38(33)48)22-23-34(40)44(42)35-18-11-19-36-43(35)46(39)27-45-36/h1-27H. The number of hydrogen-bond acceptors (Lipinski definition) is 3. The van der Waals surface area contributed by atoms with Gasteiger partial charge in [-0.2, -0.15) is 0 Å². The third-order valence-corrected chi connectivity index (χ3v) is 11.3. The van der Waals surface area contributed by atoms with E-state index in [1.807, 2.05) is 18.1 Å². The van der Waals surface area contributed by atoms with Gasteiger partial charge in [0.25, 0.3) is 0 Å². The number of para-hydroxylation sites is 5. The molecule has 2 aliphatic rings. The molecule has 6 heteroatoms. The maximum absolute atomic E-state index is 4.90. The van der Waals surface area contributed by atoms with Crippen LogP contribution in [0.1, 0.15) is 0 Å². The van der Waals surface area contributed by atoms with Gasteiger partial charge in [0, 0.05) is 49.0 Å². The van der Waals surface area contributed by atoms with Crippen molar-refractivity contribution in [3.63, 3.8) is 0 Å². The normalized spacial score (nSPS) is 12.8. The Bertz CT molecular complexity index is 2680. The van der Waals surface area contributed by atoms with Crippen molar-refractivity contribution in [2.45, 2.75) is 9.79 Å². The Hall–Kier alpha value is -5.98. The number of hydrogen-bond donors (Lipinski definition) is 0. The van der Waals surface area contributed by atoms with E-state index < -0.39 is 0 Å². The fourth-order valence-electron chi connectivity index (χ4n) is 8.20. The van der Waals surface area contributed by atoms with Crippen LogP contribution in [0.2, 0.25) is 0 Å². The van der Waals surface area contributed by atoms with E-state index in [1.165, 1.54) is 64.9 Å². The third kappa shape index (κ3) is 3.86. The summed E-state index contributed by atoms with van der Waals surface area (Å²) in [5.41, 5.74) is 14.4. The number of anilines is 3.